The van der Waals surface area contributed by atoms with Gasteiger partial charge < -0.3 is 5.11 Å². The highest BCUT2D eigenvalue weighted by Gasteiger charge is 2.14. The van der Waals surface area contributed by atoms with Crippen LogP contribution < -0.4 is 10.4 Å². The second-order valence-corrected chi connectivity index (χ2v) is 7.75. The van der Waals surface area contributed by atoms with Gasteiger partial charge in [0.25, 0.3) is 0 Å². The van der Waals surface area contributed by atoms with Crippen LogP contribution in [0.25, 0.3) is 17.6 Å². The molecule has 27 heavy (non-hydrogen) atoms. The van der Waals surface area contributed by atoms with Crippen LogP contribution in [0.5, 0.6) is 5.88 Å². The molecule has 2 heterocycles. The van der Waals surface area contributed by atoms with Crippen molar-refractivity contribution >= 4 is 35.5 Å². The number of hydrogen-bond donors (Lipinski definition) is 1. The van der Waals surface area contributed by atoms with Crippen molar-refractivity contribution in [3.63, 3.8) is 0 Å². The molecule has 0 fully saturated rings. The maximum absolute atomic E-state index is 10.8. The number of nitrogens with zero attached hydrogens (tertiary/aromatic N) is 5. The molecule has 0 unspecified atom stereocenters. The van der Waals surface area contributed by atoms with Crippen LogP contribution in [-0.2, 0) is 0 Å². The minimum atomic E-state index is 0.149. The fourth-order valence-corrected chi connectivity index (χ4v) is 4.10. The van der Waals surface area contributed by atoms with Crippen LogP contribution in [0, 0.1) is 17.8 Å². The van der Waals surface area contributed by atoms with E-state index < -0.39 is 0 Å². The van der Waals surface area contributed by atoms with Crippen molar-refractivity contribution in [1.82, 2.24) is 4.57 Å². The van der Waals surface area contributed by atoms with Gasteiger partial charge in [0.15, 0.2) is 3.95 Å². The zero-order chi connectivity index (χ0) is 19.0. The van der Waals surface area contributed by atoms with Crippen LogP contribution in [0.2, 0.25) is 0 Å². The number of thiazole rings is 1. The standard InChI is InChI=1S/C19H15N5OS2/c1-11-4-3-5-15(12(11)2)24-18(25)16(27-19(24)26)10-13-6-8-14(9-7-13)17-20-22-23-21-17/h3-10,25H,1-2H3. The quantitative estimate of drug-likeness (QED) is 0.659. The summed E-state index contributed by atoms with van der Waals surface area (Å²) in [5.74, 6) is 0.636. The molecule has 0 bridgehead atoms. The van der Waals surface area contributed by atoms with Gasteiger partial charge in [-0.3, -0.25) is 4.57 Å². The predicted octanol–water partition coefficient (Wildman–Crippen LogP) is 4.32. The van der Waals surface area contributed by atoms with E-state index in [4.69, 9.17) is 12.2 Å². The molecular formula is C19H15N5OS2. The average molecular weight is 393 g/mol. The van der Waals surface area contributed by atoms with Gasteiger partial charge in [0.1, 0.15) is 0 Å². The molecule has 1 N–H and O–H groups in total. The molecule has 1 aliphatic rings. The Morgan fingerprint density at radius 2 is 1.74 bits per heavy atom. The van der Waals surface area contributed by atoms with Gasteiger partial charge in [-0.05, 0) is 65.0 Å². The first-order valence-corrected chi connectivity index (χ1v) is 9.42. The minimum absolute atomic E-state index is 0.149. The molecule has 1 aromatic heterocycles. The van der Waals surface area contributed by atoms with Crippen molar-refractivity contribution in [3.8, 4) is 11.6 Å². The van der Waals surface area contributed by atoms with E-state index in [0.29, 0.717) is 14.7 Å². The molecule has 0 amide bonds. The largest absolute Gasteiger partial charge is 0.493 e. The summed E-state index contributed by atoms with van der Waals surface area (Å²) in [4.78, 5) is 0.710. The third-order valence-corrected chi connectivity index (χ3v) is 5.72. The summed E-state index contributed by atoms with van der Waals surface area (Å²) in [5, 5.41) is 27.2. The van der Waals surface area contributed by atoms with Crippen molar-refractivity contribution in [2.45, 2.75) is 13.8 Å². The van der Waals surface area contributed by atoms with Gasteiger partial charge in [-0.15, -0.1) is 21.6 Å². The van der Waals surface area contributed by atoms with E-state index >= 15 is 0 Å². The molecule has 6 nitrogen and oxygen atoms in total. The normalized spacial score (nSPS) is 12.7. The maximum Gasteiger partial charge on any atom is 0.215 e. The third kappa shape index (κ3) is 3.24. The van der Waals surface area contributed by atoms with Gasteiger partial charge >= 0.3 is 0 Å². The fourth-order valence-electron chi connectivity index (χ4n) is 2.81. The molecule has 0 spiro atoms. The highest BCUT2D eigenvalue weighted by Crippen LogP contribution is 2.32. The van der Waals surface area contributed by atoms with Crippen LogP contribution in [-0.4, -0.2) is 9.67 Å². The van der Waals surface area contributed by atoms with Crippen LogP contribution in [0.4, 0.5) is 0 Å². The van der Waals surface area contributed by atoms with Crippen LogP contribution in [0.15, 0.2) is 63.1 Å². The second kappa shape index (κ2) is 6.98. The van der Waals surface area contributed by atoms with Crippen molar-refractivity contribution in [2.24, 2.45) is 20.7 Å². The molecule has 0 aliphatic carbocycles. The summed E-state index contributed by atoms with van der Waals surface area (Å²) in [5.41, 5.74) is 3.14. The van der Waals surface area contributed by atoms with E-state index in [1.165, 1.54) is 11.3 Å². The first-order chi connectivity index (χ1) is 13.0. The number of aromatic nitrogens is 1. The zero-order valence-electron chi connectivity index (χ0n) is 14.6. The summed E-state index contributed by atoms with van der Waals surface area (Å²) in [6.07, 6.45) is 1.91. The van der Waals surface area contributed by atoms with Crippen LogP contribution in [0.1, 0.15) is 16.0 Å². The van der Waals surface area contributed by atoms with E-state index in [2.05, 4.69) is 20.7 Å². The van der Waals surface area contributed by atoms with Crippen molar-refractivity contribution in [1.29, 1.82) is 0 Å². The predicted molar refractivity (Wildman–Crippen MR) is 108 cm³/mol. The van der Waals surface area contributed by atoms with Gasteiger partial charge in [0.05, 0.1) is 10.6 Å². The van der Waals surface area contributed by atoms with Gasteiger partial charge in [0.2, 0.25) is 11.7 Å². The van der Waals surface area contributed by atoms with E-state index in [0.717, 1.165) is 27.3 Å². The number of aromatic hydroxyl groups is 1. The molecule has 4 rings (SSSR count). The second-order valence-electron chi connectivity index (χ2n) is 6.08. The molecule has 0 saturated heterocycles. The molecule has 8 heteroatoms. The Balaban J connectivity index is 1.80. The molecule has 0 radical (unpaired) electrons. The smallest absolute Gasteiger partial charge is 0.215 e. The Morgan fingerprint density at radius 3 is 2.44 bits per heavy atom. The van der Waals surface area contributed by atoms with Crippen LogP contribution >= 0.6 is 23.6 Å². The SMILES string of the molecule is Cc1cccc(-n2c(O)c(C=c3ccc(=C4N=NN=N4)cc3)sc2=S)c1C. The third-order valence-electron chi connectivity index (χ3n) is 4.41. The summed E-state index contributed by atoms with van der Waals surface area (Å²) >= 11 is 6.88. The molecule has 1 aliphatic heterocycles. The lowest BCUT2D eigenvalue weighted by Gasteiger charge is -2.10. The summed E-state index contributed by atoms with van der Waals surface area (Å²) in [7, 11) is 0. The Hall–Kier alpha value is -2.97. The Morgan fingerprint density at radius 1 is 1.04 bits per heavy atom. The lowest BCUT2D eigenvalue weighted by molar-refractivity contribution is 0.441. The first-order valence-electron chi connectivity index (χ1n) is 8.20. The first kappa shape index (κ1) is 17.4. The highest BCUT2D eigenvalue weighted by atomic mass is 32.1. The monoisotopic (exact) mass is 393 g/mol. The molecule has 0 saturated carbocycles. The van der Waals surface area contributed by atoms with E-state index in [1.807, 2.05) is 62.4 Å². The number of rotatable bonds is 2. The molecule has 3 aromatic rings. The van der Waals surface area contributed by atoms with Crippen molar-refractivity contribution in [2.75, 3.05) is 0 Å². The maximum atomic E-state index is 10.8. The Labute approximate surface area is 164 Å². The van der Waals surface area contributed by atoms with E-state index in [9.17, 15) is 5.11 Å². The van der Waals surface area contributed by atoms with Crippen molar-refractivity contribution in [3.05, 3.63) is 72.9 Å². The topological polar surface area (TPSA) is 74.6 Å². The van der Waals surface area contributed by atoms with Gasteiger partial charge in [-0.1, -0.05) is 36.4 Å². The van der Waals surface area contributed by atoms with Crippen molar-refractivity contribution < 1.29 is 5.11 Å². The molecule has 0 atom stereocenters. The molecule has 2 aromatic carbocycles. The lowest BCUT2D eigenvalue weighted by atomic mass is 10.1. The number of aryl methyl sites for hydroxylation is 1. The van der Waals surface area contributed by atoms with Gasteiger partial charge in [-0.25, -0.2) is 0 Å². The zero-order valence-corrected chi connectivity index (χ0v) is 16.3. The summed E-state index contributed by atoms with van der Waals surface area (Å²) in [6, 6.07) is 13.6. The van der Waals surface area contributed by atoms with Crippen LogP contribution in [0.3, 0.4) is 0 Å². The Bertz CT molecular complexity index is 1250. The Kier molecular flexibility index (Phi) is 4.51. The number of hydrogen-bond acceptors (Lipinski definition) is 7. The van der Waals surface area contributed by atoms with E-state index in [1.54, 1.807) is 4.57 Å². The minimum Gasteiger partial charge on any atom is -0.493 e. The molecule has 134 valence electrons. The fraction of sp³-hybridized carbons (Fsp3) is 0.105. The number of benzene rings is 2. The lowest BCUT2D eigenvalue weighted by Crippen LogP contribution is -2.08. The summed E-state index contributed by atoms with van der Waals surface area (Å²) in [6.45, 7) is 4.07. The van der Waals surface area contributed by atoms with Gasteiger partial charge in [-0.2, -0.15) is 0 Å². The van der Waals surface area contributed by atoms with Gasteiger partial charge in [0, 0.05) is 5.22 Å². The summed E-state index contributed by atoms with van der Waals surface area (Å²) < 4.78 is 2.32. The highest BCUT2D eigenvalue weighted by molar-refractivity contribution is 7.73. The van der Waals surface area contributed by atoms with E-state index in [-0.39, 0.29) is 5.88 Å². The average Bonchev–Trinajstić information content (AvgIpc) is 3.28. The molecular weight excluding hydrogens is 378 g/mol.